The van der Waals surface area contributed by atoms with Crippen molar-refractivity contribution in [3.8, 4) is 5.75 Å². The molecule has 0 spiro atoms. The summed E-state index contributed by atoms with van der Waals surface area (Å²) in [5, 5.41) is 8.66. The molecule has 29 heavy (non-hydrogen) atoms. The van der Waals surface area contributed by atoms with Crippen LogP contribution in [-0.2, 0) is 13.2 Å². The highest BCUT2D eigenvalue weighted by Crippen LogP contribution is 2.26. The molecule has 0 fully saturated rings. The molecule has 3 rings (SSSR count). The van der Waals surface area contributed by atoms with E-state index in [9.17, 15) is 9.18 Å². The van der Waals surface area contributed by atoms with Gasteiger partial charge in [0.05, 0.1) is 5.25 Å². The maximum Gasteiger partial charge on any atom is 0.192 e. The van der Waals surface area contributed by atoms with Crippen LogP contribution in [0, 0.1) is 12.7 Å². The van der Waals surface area contributed by atoms with Gasteiger partial charge in [0.1, 0.15) is 18.2 Å². The topological polar surface area (TPSA) is 57.0 Å². The molecule has 0 aliphatic rings. The largest absolute Gasteiger partial charge is 0.486 e. The van der Waals surface area contributed by atoms with Crippen molar-refractivity contribution < 1.29 is 13.9 Å². The molecule has 1 aromatic heterocycles. The van der Waals surface area contributed by atoms with Crippen LogP contribution in [0.5, 0.6) is 5.75 Å². The van der Waals surface area contributed by atoms with Crippen LogP contribution in [-0.4, -0.2) is 25.8 Å². The molecule has 0 saturated heterocycles. The quantitative estimate of drug-likeness (QED) is 0.286. The predicted octanol–water partition coefficient (Wildman–Crippen LogP) is 4.85. The summed E-state index contributed by atoms with van der Waals surface area (Å²) in [6.45, 7) is 8.34. The van der Waals surface area contributed by atoms with E-state index in [-0.39, 0.29) is 18.2 Å². The van der Waals surface area contributed by atoms with Gasteiger partial charge in [-0.1, -0.05) is 30.0 Å². The lowest BCUT2D eigenvalue weighted by atomic mass is 10.1. The van der Waals surface area contributed by atoms with Crippen molar-refractivity contribution in [1.82, 2.24) is 14.8 Å². The lowest BCUT2D eigenvalue weighted by molar-refractivity contribution is 0.0994. The highest BCUT2D eigenvalue weighted by Gasteiger charge is 2.21. The van der Waals surface area contributed by atoms with Crippen LogP contribution >= 0.6 is 11.8 Å². The van der Waals surface area contributed by atoms with Crippen molar-refractivity contribution in [3.63, 3.8) is 0 Å². The Morgan fingerprint density at radius 3 is 2.72 bits per heavy atom. The smallest absolute Gasteiger partial charge is 0.192 e. The van der Waals surface area contributed by atoms with Gasteiger partial charge in [-0.15, -0.1) is 16.8 Å². The third-order valence-corrected chi connectivity index (χ3v) is 5.32. The Morgan fingerprint density at radius 1 is 1.28 bits per heavy atom. The number of hydrogen-bond donors (Lipinski definition) is 0. The molecule has 2 aromatic carbocycles. The van der Waals surface area contributed by atoms with Crippen LogP contribution in [0.2, 0.25) is 0 Å². The van der Waals surface area contributed by atoms with Crippen molar-refractivity contribution in [1.29, 1.82) is 0 Å². The average molecular weight is 412 g/mol. The van der Waals surface area contributed by atoms with Gasteiger partial charge in [-0.2, -0.15) is 0 Å². The lowest BCUT2D eigenvalue weighted by Crippen LogP contribution is -2.15. The Labute approximate surface area is 173 Å². The average Bonchev–Trinajstić information content (AvgIpc) is 3.08. The molecule has 0 bridgehead atoms. The molecule has 0 radical (unpaired) electrons. The first-order valence-electron chi connectivity index (χ1n) is 9.17. The maximum atomic E-state index is 13.1. The van der Waals surface area contributed by atoms with E-state index in [1.54, 1.807) is 13.0 Å². The van der Waals surface area contributed by atoms with Crippen LogP contribution in [0.1, 0.15) is 28.7 Å². The van der Waals surface area contributed by atoms with Gasteiger partial charge in [0.2, 0.25) is 0 Å². The second-order valence-corrected chi connectivity index (χ2v) is 7.84. The molecule has 0 aliphatic heterocycles. The summed E-state index contributed by atoms with van der Waals surface area (Å²) in [7, 11) is 0. The van der Waals surface area contributed by atoms with Gasteiger partial charge in [0, 0.05) is 12.1 Å². The van der Waals surface area contributed by atoms with Gasteiger partial charge >= 0.3 is 0 Å². The summed E-state index contributed by atoms with van der Waals surface area (Å²) >= 11 is 1.30. The molecule has 0 saturated carbocycles. The number of carbonyl (C=O) groups excluding carboxylic acids is 1. The Kier molecular flexibility index (Phi) is 6.82. The lowest BCUT2D eigenvalue weighted by Gasteiger charge is -2.12. The summed E-state index contributed by atoms with van der Waals surface area (Å²) in [4.78, 5) is 12.6. The zero-order valence-electron chi connectivity index (χ0n) is 16.3. The summed E-state index contributed by atoms with van der Waals surface area (Å²) in [5.41, 5.74) is 1.57. The van der Waals surface area contributed by atoms with Crippen molar-refractivity contribution in [3.05, 3.63) is 84.0 Å². The maximum absolute atomic E-state index is 13.1. The number of Topliss-reactive ketones (excluding diaryl/α,β-unsaturated/α-hetero) is 1. The number of ether oxygens (including phenoxy) is 1. The fourth-order valence-corrected chi connectivity index (χ4v) is 3.69. The third kappa shape index (κ3) is 5.32. The van der Waals surface area contributed by atoms with Crippen LogP contribution < -0.4 is 4.74 Å². The van der Waals surface area contributed by atoms with E-state index in [1.165, 1.54) is 36.0 Å². The van der Waals surface area contributed by atoms with Crippen LogP contribution in [0.25, 0.3) is 0 Å². The standard InChI is InChI=1S/C22H22FN3O2S/c1-4-12-26-20(14-28-19-7-5-6-15(2)13-19)24-25-22(26)29-16(3)21(27)17-8-10-18(23)11-9-17/h4-11,13,16H,1,12,14H2,2-3H3/t16-/m1/s1. The van der Waals surface area contributed by atoms with E-state index in [4.69, 9.17) is 4.74 Å². The van der Waals surface area contributed by atoms with Crippen molar-refractivity contribution in [2.75, 3.05) is 0 Å². The fourth-order valence-electron chi connectivity index (χ4n) is 2.74. The van der Waals surface area contributed by atoms with Gasteiger partial charge in [0.15, 0.2) is 16.8 Å². The SMILES string of the molecule is C=CCn1c(COc2cccc(C)c2)nnc1S[C@H](C)C(=O)c1ccc(F)cc1. The molecule has 150 valence electrons. The first-order chi connectivity index (χ1) is 14.0. The summed E-state index contributed by atoms with van der Waals surface area (Å²) in [6.07, 6.45) is 1.75. The highest BCUT2D eigenvalue weighted by atomic mass is 32.2. The number of rotatable bonds is 9. The van der Waals surface area contributed by atoms with E-state index in [1.807, 2.05) is 35.8 Å². The zero-order chi connectivity index (χ0) is 20.8. The Hall–Kier alpha value is -2.93. The van der Waals surface area contributed by atoms with Gasteiger partial charge in [-0.25, -0.2) is 4.39 Å². The Bertz CT molecular complexity index is 1000. The monoisotopic (exact) mass is 411 g/mol. The fraction of sp³-hybridized carbons (Fsp3) is 0.227. The van der Waals surface area contributed by atoms with E-state index < -0.39 is 5.25 Å². The number of benzene rings is 2. The molecule has 1 heterocycles. The number of halogens is 1. The van der Waals surface area contributed by atoms with E-state index >= 15 is 0 Å². The minimum absolute atomic E-state index is 0.0966. The molecule has 7 heteroatoms. The second kappa shape index (κ2) is 9.52. The minimum atomic E-state index is -0.404. The number of carbonyl (C=O) groups is 1. The molecule has 0 unspecified atom stereocenters. The molecular weight excluding hydrogens is 389 g/mol. The van der Waals surface area contributed by atoms with Crippen molar-refractivity contribution in [2.45, 2.75) is 37.4 Å². The molecular formula is C22H22FN3O2S. The number of nitrogens with zero attached hydrogens (tertiary/aromatic N) is 3. The molecule has 5 nitrogen and oxygen atoms in total. The number of thioether (sulfide) groups is 1. The summed E-state index contributed by atoms with van der Waals surface area (Å²) in [5.74, 6) is 0.939. The summed E-state index contributed by atoms with van der Waals surface area (Å²) < 4.78 is 20.8. The van der Waals surface area contributed by atoms with Gasteiger partial charge < -0.3 is 4.74 Å². The Morgan fingerprint density at radius 2 is 2.03 bits per heavy atom. The number of allylic oxidation sites excluding steroid dienone is 1. The van der Waals surface area contributed by atoms with Crippen molar-refractivity contribution >= 4 is 17.5 Å². The van der Waals surface area contributed by atoms with Gasteiger partial charge in [0.25, 0.3) is 0 Å². The van der Waals surface area contributed by atoms with E-state index in [0.29, 0.717) is 23.1 Å². The van der Waals surface area contributed by atoms with E-state index in [2.05, 4.69) is 16.8 Å². The zero-order valence-corrected chi connectivity index (χ0v) is 17.2. The van der Waals surface area contributed by atoms with Gasteiger partial charge in [-0.3, -0.25) is 9.36 Å². The minimum Gasteiger partial charge on any atom is -0.486 e. The first-order valence-corrected chi connectivity index (χ1v) is 10.0. The molecule has 0 N–H and O–H groups in total. The molecule has 1 atom stereocenters. The normalized spacial score (nSPS) is 11.8. The number of hydrogen-bond acceptors (Lipinski definition) is 5. The molecule has 3 aromatic rings. The molecule has 0 aliphatic carbocycles. The van der Waals surface area contributed by atoms with Crippen LogP contribution in [0.4, 0.5) is 4.39 Å². The van der Waals surface area contributed by atoms with Crippen LogP contribution in [0.15, 0.2) is 66.3 Å². The predicted molar refractivity (Wildman–Crippen MR) is 112 cm³/mol. The third-order valence-electron chi connectivity index (χ3n) is 4.24. The number of aryl methyl sites for hydroxylation is 1. The van der Waals surface area contributed by atoms with Crippen LogP contribution in [0.3, 0.4) is 0 Å². The number of aromatic nitrogens is 3. The highest BCUT2D eigenvalue weighted by molar-refractivity contribution is 8.00. The first kappa shape index (κ1) is 20.8. The summed E-state index contributed by atoms with van der Waals surface area (Å²) in [6, 6.07) is 13.3. The molecule has 0 amide bonds. The van der Waals surface area contributed by atoms with E-state index in [0.717, 1.165) is 11.3 Å². The Balaban J connectivity index is 1.72. The van der Waals surface area contributed by atoms with Gasteiger partial charge in [-0.05, 0) is 55.8 Å². The van der Waals surface area contributed by atoms with Crippen molar-refractivity contribution in [2.24, 2.45) is 0 Å². The second-order valence-electron chi connectivity index (χ2n) is 6.53. The number of ketones is 1.